The van der Waals surface area contributed by atoms with Crippen molar-refractivity contribution in [3.05, 3.63) is 89.2 Å². The van der Waals surface area contributed by atoms with E-state index in [1.807, 2.05) is 30.5 Å². The number of hydrogen-bond donors (Lipinski definition) is 1. The van der Waals surface area contributed by atoms with E-state index < -0.39 is 0 Å². The summed E-state index contributed by atoms with van der Waals surface area (Å²) in [7, 11) is 0. The van der Waals surface area contributed by atoms with E-state index in [1.54, 1.807) is 6.20 Å². The van der Waals surface area contributed by atoms with E-state index in [4.69, 9.17) is 11.6 Å². The third-order valence-corrected chi connectivity index (χ3v) is 4.24. The van der Waals surface area contributed by atoms with E-state index in [2.05, 4.69) is 53.6 Å². The topological polar surface area (TPSA) is 24.9 Å². The van der Waals surface area contributed by atoms with Crippen LogP contribution in [0.15, 0.2) is 73.1 Å². The first kappa shape index (κ1) is 15.7. The molecule has 0 bridgehead atoms. The maximum Gasteiger partial charge on any atom is 0.0485 e. The SMILES string of the molecule is CC(NCc1ccc(Cl)c(-c2cccnc2)c1)c1ccccc1. The molecule has 0 saturated carbocycles. The van der Waals surface area contributed by atoms with Gasteiger partial charge >= 0.3 is 0 Å². The van der Waals surface area contributed by atoms with Crippen LogP contribution in [-0.2, 0) is 6.54 Å². The van der Waals surface area contributed by atoms with Crippen molar-refractivity contribution >= 4 is 11.6 Å². The molecule has 0 aliphatic rings. The van der Waals surface area contributed by atoms with Crippen LogP contribution in [0, 0.1) is 0 Å². The van der Waals surface area contributed by atoms with Crippen molar-refractivity contribution in [1.82, 2.24) is 10.3 Å². The molecule has 2 aromatic carbocycles. The molecule has 3 aromatic rings. The van der Waals surface area contributed by atoms with E-state index in [9.17, 15) is 0 Å². The molecule has 0 aliphatic heterocycles. The number of rotatable bonds is 5. The molecule has 1 N–H and O–H groups in total. The molecule has 0 spiro atoms. The van der Waals surface area contributed by atoms with E-state index in [-0.39, 0.29) is 0 Å². The Morgan fingerprint density at radius 1 is 1.04 bits per heavy atom. The van der Waals surface area contributed by atoms with Crippen LogP contribution in [0.25, 0.3) is 11.1 Å². The fraction of sp³-hybridized carbons (Fsp3) is 0.150. The number of benzene rings is 2. The number of pyridine rings is 1. The van der Waals surface area contributed by atoms with Crippen LogP contribution in [0.5, 0.6) is 0 Å². The standard InChI is InChI=1S/C20H19ClN2/c1-15(17-6-3-2-4-7-17)23-13-16-9-10-20(21)19(12-16)18-8-5-11-22-14-18/h2-12,14-15,23H,13H2,1H3. The summed E-state index contributed by atoms with van der Waals surface area (Å²) in [5, 5.41) is 4.30. The van der Waals surface area contributed by atoms with Gasteiger partial charge in [-0.05, 0) is 36.2 Å². The van der Waals surface area contributed by atoms with Crippen molar-refractivity contribution in [3.63, 3.8) is 0 Å². The second kappa shape index (κ2) is 7.40. The number of aromatic nitrogens is 1. The van der Waals surface area contributed by atoms with Crippen molar-refractivity contribution in [2.45, 2.75) is 19.5 Å². The van der Waals surface area contributed by atoms with Crippen molar-refractivity contribution in [2.24, 2.45) is 0 Å². The Kier molecular flexibility index (Phi) is 5.06. The van der Waals surface area contributed by atoms with Gasteiger partial charge in [-0.2, -0.15) is 0 Å². The van der Waals surface area contributed by atoms with E-state index in [0.717, 1.165) is 22.7 Å². The minimum atomic E-state index is 0.300. The van der Waals surface area contributed by atoms with Gasteiger partial charge in [-0.1, -0.05) is 54.1 Å². The summed E-state index contributed by atoms with van der Waals surface area (Å²) in [6.45, 7) is 2.97. The molecule has 1 unspecified atom stereocenters. The van der Waals surface area contributed by atoms with E-state index in [1.165, 1.54) is 11.1 Å². The zero-order chi connectivity index (χ0) is 16.1. The monoisotopic (exact) mass is 322 g/mol. The van der Waals surface area contributed by atoms with Crippen molar-refractivity contribution < 1.29 is 0 Å². The molecule has 0 aliphatic carbocycles. The lowest BCUT2D eigenvalue weighted by Gasteiger charge is -2.15. The third-order valence-electron chi connectivity index (χ3n) is 3.92. The van der Waals surface area contributed by atoms with Gasteiger partial charge in [0.1, 0.15) is 0 Å². The molecule has 3 rings (SSSR count). The maximum atomic E-state index is 6.34. The molecule has 0 amide bonds. The number of halogens is 1. The Balaban J connectivity index is 1.74. The van der Waals surface area contributed by atoms with Gasteiger partial charge in [0, 0.05) is 41.1 Å². The Hall–Kier alpha value is -2.16. The lowest BCUT2D eigenvalue weighted by atomic mass is 10.0. The Bertz CT molecular complexity index is 757. The summed E-state index contributed by atoms with van der Waals surface area (Å²) < 4.78 is 0. The van der Waals surface area contributed by atoms with Crippen molar-refractivity contribution in [1.29, 1.82) is 0 Å². The predicted molar refractivity (Wildman–Crippen MR) is 96.4 cm³/mol. The van der Waals surface area contributed by atoms with Crippen LogP contribution < -0.4 is 5.32 Å². The van der Waals surface area contributed by atoms with Gasteiger partial charge in [0.15, 0.2) is 0 Å². The van der Waals surface area contributed by atoms with Gasteiger partial charge in [0.05, 0.1) is 0 Å². The highest BCUT2D eigenvalue weighted by atomic mass is 35.5. The predicted octanol–water partition coefficient (Wildman–Crippen LogP) is 5.25. The summed E-state index contributed by atoms with van der Waals surface area (Å²) in [5.41, 5.74) is 4.55. The number of nitrogens with one attached hydrogen (secondary N) is 1. The average molecular weight is 323 g/mol. The van der Waals surface area contributed by atoms with E-state index in [0.29, 0.717) is 6.04 Å². The number of nitrogens with zero attached hydrogens (tertiary/aromatic N) is 1. The second-order valence-electron chi connectivity index (χ2n) is 5.57. The maximum absolute atomic E-state index is 6.34. The Morgan fingerprint density at radius 2 is 1.87 bits per heavy atom. The minimum absolute atomic E-state index is 0.300. The summed E-state index contributed by atoms with van der Waals surface area (Å²) in [6, 6.07) is 20.8. The van der Waals surface area contributed by atoms with Gasteiger partial charge in [-0.3, -0.25) is 4.98 Å². The second-order valence-corrected chi connectivity index (χ2v) is 5.98. The molecule has 2 nitrogen and oxygen atoms in total. The molecule has 1 aromatic heterocycles. The van der Waals surface area contributed by atoms with Crippen LogP contribution in [0.2, 0.25) is 5.02 Å². The van der Waals surface area contributed by atoms with Crippen LogP contribution in [-0.4, -0.2) is 4.98 Å². The zero-order valence-corrected chi connectivity index (χ0v) is 13.8. The smallest absolute Gasteiger partial charge is 0.0485 e. The molecular formula is C20H19ClN2. The third kappa shape index (κ3) is 3.98. The zero-order valence-electron chi connectivity index (χ0n) is 13.0. The first-order chi connectivity index (χ1) is 11.2. The molecule has 0 saturated heterocycles. The van der Waals surface area contributed by atoms with Crippen LogP contribution in [0.4, 0.5) is 0 Å². The molecule has 116 valence electrons. The van der Waals surface area contributed by atoms with Gasteiger partial charge in [0.25, 0.3) is 0 Å². The fourth-order valence-electron chi connectivity index (χ4n) is 2.56. The lowest BCUT2D eigenvalue weighted by Crippen LogP contribution is -2.18. The van der Waals surface area contributed by atoms with Gasteiger partial charge in [-0.25, -0.2) is 0 Å². The normalized spacial score (nSPS) is 12.1. The molecule has 3 heteroatoms. The molecule has 0 radical (unpaired) electrons. The highest BCUT2D eigenvalue weighted by Crippen LogP contribution is 2.28. The van der Waals surface area contributed by atoms with E-state index >= 15 is 0 Å². The summed E-state index contributed by atoms with van der Waals surface area (Å²) in [5.74, 6) is 0. The first-order valence-corrected chi connectivity index (χ1v) is 8.09. The fourth-order valence-corrected chi connectivity index (χ4v) is 2.78. The van der Waals surface area contributed by atoms with Gasteiger partial charge in [-0.15, -0.1) is 0 Å². The quantitative estimate of drug-likeness (QED) is 0.693. The molecular weight excluding hydrogens is 304 g/mol. The molecule has 1 atom stereocenters. The average Bonchev–Trinajstić information content (AvgIpc) is 2.62. The lowest BCUT2D eigenvalue weighted by molar-refractivity contribution is 0.575. The summed E-state index contributed by atoms with van der Waals surface area (Å²) in [6.07, 6.45) is 3.61. The summed E-state index contributed by atoms with van der Waals surface area (Å²) >= 11 is 6.34. The highest BCUT2D eigenvalue weighted by molar-refractivity contribution is 6.33. The Labute approximate surface area is 142 Å². The largest absolute Gasteiger partial charge is 0.306 e. The van der Waals surface area contributed by atoms with Crippen LogP contribution in [0.1, 0.15) is 24.1 Å². The van der Waals surface area contributed by atoms with Crippen molar-refractivity contribution in [2.75, 3.05) is 0 Å². The van der Waals surface area contributed by atoms with Crippen LogP contribution >= 0.6 is 11.6 Å². The molecule has 1 heterocycles. The first-order valence-electron chi connectivity index (χ1n) is 7.71. The highest BCUT2D eigenvalue weighted by Gasteiger charge is 2.07. The summed E-state index contributed by atoms with van der Waals surface area (Å²) in [4.78, 5) is 4.17. The molecule has 23 heavy (non-hydrogen) atoms. The van der Waals surface area contributed by atoms with Gasteiger partial charge in [0.2, 0.25) is 0 Å². The number of hydrogen-bond acceptors (Lipinski definition) is 2. The Morgan fingerprint density at radius 3 is 2.61 bits per heavy atom. The van der Waals surface area contributed by atoms with Gasteiger partial charge < -0.3 is 5.32 Å². The van der Waals surface area contributed by atoms with Crippen LogP contribution in [0.3, 0.4) is 0 Å². The minimum Gasteiger partial charge on any atom is -0.306 e. The van der Waals surface area contributed by atoms with Crippen molar-refractivity contribution in [3.8, 4) is 11.1 Å². The molecule has 0 fully saturated rings.